The summed E-state index contributed by atoms with van der Waals surface area (Å²) in [4.78, 5) is 23.4. The highest BCUT2D eigenvalue weighted by atomic mass is 16.5. The predicted molar refractivity (Wildman–Crippen MR) is 91.0 cm³/mol. The molecule has 0 aliphatic carbocycles. The molecule has 1 aliphatic heterocycles. The van der Waals surface area contributed by atoms with Gasteiger partial charge < -0.3 is 9.64 Å². The van der Waals surface area contributed by atoms with Crippen molar-refractivity contribution in [2.24, 2.45) is 0 Å². The Morgan fingerprint density at radius 3 is 2.92 bits per heavy atom. The van der Waals surface area contributed by atoms with Crippen molar-refractivity contribution in [2.45, 2.75) is 13.0 Å². The van der Waals surface area contributed by atoms with Crippen LogP contribution in [0.25, 0.3) is 10.9 Å². The average molecular weight is 319 g/mol. The Balaban J connectivity index is 1.51. The number of carbonyl (C=O) groups excluding carboxylic acids is 1. The summed E-state index contributed by atoms with van der Waals surface area (Å²) >= 11 is 0. The molecule has 0 fully saturated rings. The summed E-state index contributed by atoms with van der Waals surface area (Å²) in [5.74, 6) is 0.576. The molecule has 24 heavy (non-hydrogen) atoms. The van der Waals surface area contributed by atoms with E-state index in [9.17, 15) is 4.79 Å². The van der Waals surface area contributed by atoms with E-state index in [0.717, 1.165) is 22.3 Å². The van der Waals surface area contributed by atoms with E-state index in [-0.39, 0.29) is 5.91 Å². The first-order valence-corrected chi connectivity index (χ1v) is 7.92. The Morgan fingerprint density at radius 2 is 2.04 bits per heavy atom. The lowest BCUT2D eigenvalue weighted by Gasteiger charge is -2.15. The third-order valence-electron chi connectivity index (χ3n) is 4.35. The average Bonchev–Trinajstić information content (AvgIpc) is 2.96. The van der Waals surface area contributed by atoms with Crippen LogP contribution in [0.15, 0.2) is 48.7 Å². The van der Waals surface area contributed by atoms with Crippen molar-refractivity contribution in [3.8, 4) is 5.75 Å². The molecule has 1 aliphatic rings. The van der Waals surface area contributed by atoms with E-state index >= 15 is 0 Å². The minimum absolute atomic E-state index is 0.0178. The van der Waals surface area contributed by atoms with Gasteiger partial charge in [-0.2, -0.15) is 0 Å². The van der Waals surface area contributed by atoms with Crippen molar-refractivity contribution in [1.82, 2.24) is 14.9 Å². The van der Waals surface area contributed by atoms with Gasteiger partial charge in [-0.25, -0.2) is 0 Å². The lowest BCUT2D eigenvalue weighted by Crippen LogP contribution is -2.26. The predicted octanol–water partition coefficient (Wildman–Crippen LogP) is 2.84. The number of carbonyl (C=O) groups is 1. The number of methoxy groups -OCH3 is 1. The summed E-state index contributed by atoms with van der Waals surface area (Å²) in [6.07, 6.45) is 2.40. The molecule has 0 bridgehead atoms. The fraction of sp³-hybridized carbons (Fsp3) is 0.211. The van der Waals surface area contributed by atoms with Gasteiger partial charge in [0.1, 0.15) is 11.3 Å². The zero-order valence-electron chi connectivity index (χ0n) is 13.4. The van der Waals surface area contributed by atoms with Gasteiger partial charge in [-0.1, -0.05) is 24.3 Å². The smallest absolute Gasteiger partial charge is 0.259 e. The van der Waals surface area contributed by atoms with E-state index in [1.807, 2.05) is 30.3 Å². The summed E-state index contributed by atoms with van der Waals surface area (Å²) in [5.41, 5.74) is 3.34. The zero-order chi connectivity index (χ0) is 16.5. The normalized spacial score (nSPS) is 13.4. The van der Waals surface area contributed by atoms with Gasteiger partial charge in [0, 0.05) is 30.2 Å². The summed E-state index contributed by atoms with van der Waals surface area (Å²) in [6, 6.07) is 13.9. The molecule has 5 heteroatoms. The lowest BCUT2D eigenvalue weighted by molar-refractivity contribution is 0.0777. The number of nitrogens with zero attached hydrogens (tertiary/aromatic N) is 3. The quantitative estimate of drug-likeness (QED) is 0.742. The summed E-state index contributed by atoms with van der Waals surface area (Å²) < 4.78 is 5.29. The van der Waals surface area contributed by atoms with Gasteiger partial charge in [-0.15, -0.1) is 0 Å². The molecule has 0 unspecified atom stereocenters. The van der Waals surface area contributed by atoms with Gasteiger partial charge in [0.05, 0.1) is 24.9 Å². The number of hydrogen-bond donors (Lipinski definition) is 0. The van der Waals surface area contributed by atoms with Crippen molar-refractivity contribution >= 4 is 16.8 Å². The molecule has 0 saturated heterocycles. The number of rotatable bonds is 4. The highest BCUT2D eigenvalue weighted by Gasteiger charge is 2.31. The Kier molecular flexibility index (Phi) is 3.61. The molecule has 1 amide bonds. The maximum absolute atomic E-state index is 12.6. The summed E-state index contributed by atoms with van der Waals surface area (Å²) in [6.45, 7) is 1.14. The zero-order valence-corrected chi connectivity index (χ0v) is 13.4. The van der Waals surface area contributed by atoms with Crippen LogP contribution in [0, 0.1) is 0 Å². The number of para-hydroxylation sites is 1. The number of aromatic nitrogens is 2. The molecule has 2 aromatic heterocycles. The van der Waals surface area contributed by atoms with Gasteiger partial charge in [0.15, 0.2) is 0 Å². The molecule has 3 aromatic rings. The molecule has 0 atom stereocenters. The largest absolute Gasteiger partial charge is 0.496 e. The molecule has 4 rings (SSSR count). The third-order valence-corrected chi connectivity index (χ3v) is 4.35. The monoisotopic (exact) mass is 319 g/mol. The minimum Gasteiger partial charge on any atom is -0.496 e. The molecular formula is C19H17N3O2. The van der Waals surface area contributed by atoms with Crippen molar-refractivity contribution in [3.63, 3.8) is 0 Å². The Hall–Kier alpha value is -2.95. The number of amides is 1. The molecule has 0 radical (unpaired) electrons. The second-order valence-electron chi connectivity index (χ2n) is 5.81. The maximum Gasteiger partial charge on any atom is 0.259 e. The lowest BCUT2D eigenvalue weighted by atomic mass is 10.2. The Labute approximate surface area is 139 Å². The van der Waals surface area contributed by atoms with Crippen LogP contribution >= 0.6 is 0 Å². The van der Waals surface area contributed by atoms with Crippen LogP contribution in [0.3, 0.4) is 0 Å². The van der Waals surface area contributed by atoms with Crippen LogP contribution in [-0.2, 0) is 13.0 Å². The van der Waals surface area contributed by atoms with Gasteiger partial charge in [0.2, 0.25) is 0 Å². The van der Waals surface area contributed by atoms with E-state index < -0.39 is 0 Å². The van der Waals surface area contributed by atoms with E-state index in [2.05, 4.69) is 16.0 Å². The van der Waals surface area contributed by atoms with Gasteiger partial charge in [0.25, 0.3) is 5.91 Å². The van der Waals surface area contributed by atoms with Crippen LogP contribution in [0.4, 0.5) is 0 Å². The summed E-state index contributed by atoms with van der Waals surface area (Å²) in [5, 5.41) is 1.12. The van der Waals surface area contributed by atoms with Gasteiger partial charge in [-0.3, -0.25) is 14.8 Å². The molecule has 0 N–H and O–H groups in total. The van der Waals surface area contributed by atoms with E-state index in [4.69, 9.17) is 4.74 Å². The first-order valence-electron chi connectivity index (χ1n) is 7.92. The Bertz CT molecular complexity index is 923. The highest BCUT2D eigenvalue weighted by Crippen LogP contribution is 2.29. The number of fused-ring (bicyclic) bond motifs is 2. The fourth-order valence-corrected chi connectivity index (χ4v) is 3.09. The van der Waals surface area contributed by atoms with Crippen molar-refractivity contribution in [3.05, 3.63) is 65.6 Å². The van der Waals surface area contributed by atoms with Gasteiger partial charge in [-0.05, 0) is 18.2 Å². The maximum atomic E-state index is 12.6. The Morgan fingerprint density at radius 1 is 1.17 bits per heavy atom. The summed E-state index contributed by atoms with van der Waals surface area (Å²) in [7, 11) is 1.57. The van der Waals surface area contributed by atoms with Crippen molar-refractivity contribution < 1.29 is 9.53 Å². The van der Waals surface area contributed by atoms with E-state index in [0.29, 0.717) is 30.8 Å². The number of ether oxygens (including phenoxy) is 1. The van der Waals surface area contributed by atoms with Crippen LogP contribution < -0.4 is 4.74 Å². The first-order chi connectivity index (χ1) is 11.8. The molecule has 5 nitrogen and oxygen atoms in total. The fourth-order valence-electron chi connectivity index (χ4n) is 3.09. The SMILES string of the molecule is COc1ccnc2c1C(=O)N(CCc1ccc3ccccc3n1)C2. The highest BCUT2D eigenvalue weighted by molar-refractivity contribution is 6.00. The van der Waals surface area contributed by atoms with Crippen molar-refractivity contribution in [2.75, 3.05) is 13.7 Å². The number of pyridine rings is 2. The standard InChI is InChI=1S/C19H17N3O2/c1-24-17-8-10-20-16-12-22(19(23)18(16)17)11-9-14-7-6-13-4-2-3-5-15(13)21-14/h2-8,10H,9,11-12H2,1H3. The molecule has 1 aromatic carbocycles. The van der Waals surface area contributed by atoms with Crippen LogP contribution in [0.5, 0.6) is 5.75 Å². The molecular weight excluding hydrogens is 302 g/mol. The van der Waals surface area contributed by atoms with E-state index in [1.54, 1.807) is 24.3 Å². The molecule has 120 valence electrons. The van der Waals surface area contributed by atoms with E-state index in [1.165, 1.54) is 0 Å². The number of hydrogen-bond acceptors (Lipinski definition) is 4. The first kappa shape index (κ1) is 14.6. The second kappa shape index (κ2) is 5.92. The molecule has 3 heterocycles. The minimum atomic E-state index is -0.0178. The second-order valence-corrected chi connectivity index (χ2v) is 5.81. The third kappa shape index (κ3) is 2.48. The number of benzene rings is 1. The molecule has 0 spiro atoms. The van der Waals surface area contributed by atoms with Gasteiger partial charge >= 0.3 is 0 Å². The van der Waals surface area contributed by atoms with Crippen LogP contribution in [0.1, 0.15) is 21.7 Å². The van der Waals surface area contributed by atoms with Crippen molar-refractivity contribution in [1.29, 1.82) is 0 Å². The van der Waals surface area contributed by atoms with Crippen LogP contribution in [0.2, 0.25) is 0 Å². The van der Waals surface area contributed by atoms with Crippen LogP contribution in [-0.4, -0.2) is 34.4 Å². The molecule has 0 saturated carbocycles. The topological polar surface area (TPSA) is 55.3 Å².